The Morgan fingerprint density at radius 3 is 2.95 bits per heavy atom. The fourth-order valence-electron chi connectivity index (χ4n) is 1.64. The van der Waals surface area contributed by atoms with Gasteiger partial charge in [-0.1, -0.05) is 13.0 Å². The quantitative estimate of drug-likeness (QED) is 0.807. The number of ether oxygens (including phenoxy) is 1. The molecule has 0 aromatic heterocycles. The van der Waals surface area contributed by atoms with Crippen LogP contribution in [0.5, 0.6) is 0 Å². The number of nitrogens with one attached hydrogen (secondary N) is 1. The van der Waals surface area contributed by atoms with Gasteiger partial charge < -0.3 is 10.1 Å². The first-order valence-corrected chi connectivity index (χ1v) is 6.21. The minimum absolute atomic E-state index is 0.0898. The van der Waals surface area contributed by atoms with Gasteiger partial charge in [-0.2, -0.15) is 5.26 Å². The second-order valence-electron chi connectivity index (χ2n) is 4.10. The summed E-state index contributed by atoms with van der Waals surface area (Å²) in [5, 5.41) is 11.6. The highest BCUT2D eigenvalue weighted by Gasteiger charge is 2.09. The van der Waals surface area contributed by atoms with Gasteiger partial charge in [-0.3, -0.25) is 9.69 Å². The molecule has 0 bridgehead atoms. The number of hydrogen-bond acceptors (Lipinski definition) is 4. The SMILES string of the molecule is CCN(CCOC)CC(=O)Nc1cccc(C#N)c1. The van der Waals surface area contributed by atoms with E-state index in [1.165, 1.54) is 0 Å². The first-order chi connectivity index (χ1) is 9.19. The fourth-order valence-corrected chi connectivity index (χ4v) is 1.64. The van der Waals surface area contributed by atoms with Crippen LogP contribution >= 0.6 is 0 Å². The number of amides is 1. The van der Waals surface area contributed by atoms with E-state index in [1.807, 2.05) is 17.9 Å². The molecule has 19 heavy (non-hydrogen) atoms. The standard InChI is InChI=1S/C14H19N3O2/c1-3-17(7-8-19-2)11-14(18)16-13-6-4-5-12(9-13)10-15/h4-6,9H,3,7-8,11H2,1-2H3,(H,16,18). The minimum atomic E-state index is -0.0898. The van der Waals surface area contributed by atoms with Crippen molar-refractivity contribution >= 4 is 11.6 Å². The molecule has 1 aromatic carbocycles. The van der Waals surface area contributed by atoms with Crippen molar-refractivity contribution in [3.05, 3.63) is 29.8 Å². The molecular formula is C14H19N3O2. The molecule has 5 heteroatoms. The number of nitriles is 1. The minimum Gasteiger partial charge on any atom is -0.383 e. The third kappa shape index (κ3) is 5.51. The van der Waals surface area contributed by atoms with E-state index in [2.05, 4.69) is 5.32 Å². The lowest BCUT2D eigenvalue weighted by Crippen LogP contribution is -2.35. The number of nitrogens with zero attached hydrogens (tertiary/aromatic N) is 2. The van der Waals surface area contributed by atoms with Crippen molar-refractivity contribution in [1.29, 1.82) is 5.26 Å². The van der Waals surface area contributed by atoms with E-state index in [1.54, 1.807) is 31.4 Å². The lowest BCUT2D eigenvalue weighted by atomic mass is 10.2. The maximum atomic E-state index is 11.9. The number of rotatable bonds is 7. The van der Waals surface area contributed by atoms with E-state index in [-0.39, 0.29) is 5.91 Å². The zero-order chi connectivity index (χ0) is 14.1. The van der Waals surface area contributed by atoms with Crippen LogP contribution in [0.3, 0.4) is 0 Å². The molecule has 1 rings (SSSR count). The lowest BCUT2D eigenvalue weighted by molar-refractivity contribution is -0.117. The van der Waals surface area contributed by atoms with Gasteiger partial charge in [-0.15, -0.1) is 0 Å². The molecule has 0 atom stereocenters. The van der Waals surface area contributed by atoms with Crippen molar-refractivity contribution in [2.45, 2.75) is 6.92 Å². The van der Waals surface area contributed by atoms with Crippen molar-refractivity contribution in [1.82, 2.24) is 4.90 Å². The van der Waals surface area contributed by atoms with Crippen LogP contribution in [-0.2, 0) is 9.53 Å². The van der Waals surface area contributed by atoms with Crippen LogP contribution in [0.25, 0.3) is 0 Å². The summed E-state index contributed by atoms with van der Waals surface area (Å²) >= 11 is 0. The molecule has 102 valence electrons. The van der Waals surface area contributed by atoms with Crippen LogP contribution in [-0.4, -0.2) is 44.2 Å². The first-order valence-electron chi connectivity index (χ1n) is 6.21. The van der Waals surface area contributed by atoms with Gasteiger partial charge in [0, 0.05) is 19.3 Å². The fraction of sp³-hybridized carbons (Fsp3) is 0.429. The van der Waals surface area contributed by atoms with Gasteiger partial charge in [0.2, 0.25) is 5.91 Å². The largest absolute Gasteiger partial charge is 0.383 e. The highest BCUT2D eigenvalue weighted by molar-refractivity contribution is 5.92. The summed E-state index contributed by atoms with van der Waals surface area (Å²) in [7, 11) is 1.64. The zero-order valence-electron chi connectivity index (χ0n) is 11.3. The molecule has 1 amide bonds. The Hall–Kier alpha value is -1.90. The molecule has 0 saturated carbocycles. The molecule has 1 N–H and O–H groups in total. The molecule has 1 aromatic rings. The van der Waals surface area contributed by atoms with Crippen molar-refractivity contribution in [2.75, 3.05) is 38.7 Å². The van der Waals surface area contributed by atoms with Crippen LogP contribution in [0, 0.1) is 11.3 Å². The molecule has 0 saturated heterocycles. The normalized spacial score (nSPS) is 10.2. The highest BCUT2D eigenvalue weighted by Crippen LogP contribution is 2.09. The summed E-state index contributed by atoms with van der Waals surface area (Å²) in [6.45, 7) is 4.43. The zero-order valence-corrected chi connectivity index (χ0v) is 11.3. The molecule has 0 radical (unpaired) electrons. The molecule has 0 fully saturated rings. The summed E-state index contributed by atoms with van der Waals surface area (Å²) in [6.07, 6.45) is 0. The number of carbonyl (C=O) groups is 1. The van der Waals surface area contributed by atoms with E-state index in [0.717, 1.165) is 13.1 Å². The summed E-state index contributed by atoms with van der Waals surface area (Å²) in [5.41, 5.74) is 1.18. The molecule has 0 aliphatic carbocycles. The monoisotopic (exact) mass is 261 g/mol. The summed E-state index contributed by atoms with van der Waals surface area (Å²) < 4.78 is 4.99. The van der Waals surface area contributed by atoms with Crippen LogP contribution < -0.4 is 5.32 Å². The molecule has 5 nitrogen and oxygen atoms in total. The number of anilines is 1. The number of carbonyl (C=O) groups excluding carboxylic acids is 1. The van der Waals surface area contributed by atoms with Gasteiger partial charge in [0.1, 0.15) is 0 Å². The number of hydrogen-bond donors (Lipinski definition) is 1. The number of likely N-dealkylation sites (N-methyl/N-ethyl adjacent to an activating group) is 1. The summed E-state index contributed by atoms with van der Waals surface area (Å²) in [5.74, 6) is -0.0898. The highest BCUT2D eigenvalue weighted by atomic mass is 16.5. The second kappa shape index (κ2) is 8.25. The number of benzene rings is 1. The van der Waals surface area contributed by atoms with Crippen LogP contribution in [0.2, 0.25) is 0 Å². The van der Waals surface area contributed by atoms with Gasteiger partial charge in [0.05, 0.1) is 24.8 Å². The predicted molar refractivity (Wildman–Crippen MR) is 73.8 cm³/mol. The van der Waals surface area contributed by atoms with Gasteiger partial charge in [0.25, 0.3) is 0 Å². The van der Waals surface area contributed by atoms with Crippen LogP contribution in [0.1, 0.15) is 12.5 Å². The van der Waals surface area contributed by atoms with Crippen molar-refractivity contribution < 1.29 is 9.53 Å². The molecule has 0 aliphatic heterocycles. The number of methoxy groups -OCH3 is 1. The first kappa shape index (κ1) is 15.2. The molecule has 0 spiro atoms. The van der Waals surface area contributed by atoms with Crippen LogP contribution in [0.4, 0.5) is 5.69 Å². The van der Waals surface area contributed by atoms with Gasteiger partial charge in [-0.05, 0) is 24.7 Å². The van der Waals surface area contributed by atoms with E-state index >= 15 is 0 Å². The summed E-state index contributed by atoms with van der Waals surface area (Å²) in [4.78, 5) is 13.9. The van der Waals surface area contributed by atoms with Crippen LogP contribution in [0.15, 0.2) is 24.3 Å². The molecule has 0 heterocycles. The van der Waals surface area contributed by atoms with E-state index in [4.69, 9.17) is 10.00 Å². The molecular weight excluding hydrogens is 242 g/mol. The van der Waals surface area contributed by atoms with Crippen molar-refractivity contribution in [3.63, 3.8) is 0 Å². The van der Waals surface area contributed by atoms with E-state index in [0.29, 0.717) is 24.4 Å². The Kier molecular flexibility index (Phi) is 6.58. The third-order valence-electron chi connectivity index (χ3n) is 2.70. The average molecular weight is 261 g/mol. The lowest BCUT2D eigenvalue weighted by Gasteiger charge is -2.19. The van der Waals surface area contributed by atoms with Crippen molar-refractivity contribution in [2.24, 2.45) is 0 Å². The Bertz CT molecular complexity index is 454. The maximum Gasteiger partial charge on any atom is 0.238 e. The Morgan fingerprint density at radius 1 is 1.53 bits per heavy atom. The Balaban J connectivity index is 2.51. The second-order valence-corrected chi connectivity index (χ2v) is 4.10. The van der Waals surface area contributed by atoms with Gasteiger partial charge >= 0.3 is 0 Å². The Labute approximate surface area is 113 Å². The van der Waals surface area contributed by atoms with E-state index < -0.39 is 0 Å². The smallest absolute Gasteiger partial charge is 0.238 e. The summed E-state index contributed by atoms with van der Waals surface area (Å²) in [6, 6.07) is 8.91. The van der Waals surface area contributed by atoms with Gasteiger partial charge in [0.15, 0.2) is 0 Å². The topological polar surface area (TPSA) is 65.4 Å². The molecule has 0 unspecified atom stereocenters. The average Bonchev–Trinajstić information content (AvgIpc) is 2.43. The predicted octanol–water partition coefficient (Wildman–Crippen LogP) is 1.47. The maximum absolute atomic E-state index is 11.9. The van der Waals surface area contributed by atoms with Gasteiger partial charge in [-0.25, -0.2) is 0 Å². The molecule has 0 aliphatic rings. The third-order valence-corrected chi connectivity index (χ3v) is 2.70. The van der Waals surface area contributed by atoms with E-state index in [9.17, 15) is 4.79 Å². The Morgan fingerprint density at radius 2 is 2.32 bits per heavy atom. The van der Waals surface area contributed by atoms with Crippen molar-refractivity contribution in [3.8, 4) is 6.07 Å².